The first-order chi connectivity index (χ1) is 8.47. The fourth-order valence-corrected chi connectivity index (χ4v) is 2.69. The summed E-state index contributed by atoms with van der Waals surface area (Å²) in [6.45, 7) is 2.04. The second-order valence-electron chi connectivity index (χ2n) is 4.65. The monoisotopic (exact) mass is 364 g/mol. The van der Waals surface area contributed by atoms with Crippen LogP contribution in [0.25, 0.3) is 0 Å². The summed E-state index contributed by atoms with van der Waals surface area (Å²) in [6.07, 6.45) is 3.96. The van der Waals surface area contributed by atoms with Crippen molar-refractivity contribution in [1.82, 2.24) is 0 Å². The van der Waals surface area contributed by atoms with Gasteiger partial charge in [0.2, 0.25) is 0 Å². The van der Waals surface area contributed by atoms with Gasteiger partial charge in [0.1, 0.15) is 11.5 Å². The van der Waals surface area contributed by atoms with Crippen LogP contribution in [-0.2, 0) is 0 Å². The Morgan fingerprint density at radius 1 is 1.56 bits per heavy atom. The van der Waals surface area contributed by atoms with Gasteiger partial charge in [0, 0.05) is 17.7 Å². The van der Waals surface area contributed by atoms with Crippen LogP contribution in [0.3, 0.4) is 0 Å². The number of nitro benzene ring substituents is 1. The zero-order chi connectivity index (χ0) is 13.3. The lowest BCUT2D eigenvalue weighted by Gasteiger charge is -2.42. The van der Waals surface area contributed by atoms with Crippen LogP contribution in [0.1, 0.15) is 32.6 Å². The van der Waals surface area contributed by atoms with Gasteiger partial charge in [0.15, 0.2) is 0 Å². The summed E-state index contributed by atoms with van der Waals surface area (Å²) in [5.74, 6) is -0.422. The van der Waals surface area contributed by atoms with Gasteiger partial charge in [-0.1, -0.05) is 6.92 Å². The molecule has 1 saturated carbocycles. The van der Waals surface area contributed by atoms with E-state index in [1.165, 1.54) is 12.1 Å². The normalized spacial score (nSPS) is 17.1. The molecule has 1 N–H and O–H groups in total. The highest BCUT2D eigenvalue weighted by atomic mass is 127. The van der Waals surface area contributed by atoms with Crippen molar-refractivity contribution in [3.05, 3.63) is 31.6 Å². The molecule has 1 aliphatic rings. The first-order valence-electron chi connectivity index (χ1n) is 5.89. The number of hydrogen-bond donors (Lipinski definition) is 1. The first kappa shape index (κ1) is 13.5. The fraction of sp³-hybridized carbons (Fsp3) is 0.500. The lowest BCUT2D eigenvalue weighted by Crippen LogP contribution is -2.44. The summed E-state index contributed by atoms with van der Waals surface area (Å²) in [7, 11) is 0. The summed E-state index contributed by atoms with van der Waals surface area (Å²) in [5.41, 5.74) is 0.143. The summed E-state index contributed by atoms with van der Waals surface area (Å²) < 4.78 is 13.8. The number of rotatable bonds is 4. The highest BCUT2D eigenvalue weighted by Gasteiger charge is 2.36. The summed E-state index contributed by atoms with van der Waals surface area (Å²) in [4.78, 5) is 10.5. The van der Waals surface area contributed by atoms with Crippen molar-refractivity contribution in [2.24, 2.45) is 0 Å². The Bertz CT molecular complexity index is 484. The van der Waals surface area contributed by atoms with E-state index in [0.29, 0.717) is 5.69 Å². The van der Waals surface area contributed by atoms with Crippen molar-refractivity contribution in [1.29, 1.82) is 0 Å². The van der Waals surface area contributed by atoms with Crippen molar-refractivity contribution in [2.45, 2.75) is 38.1 Å². The third-order valence-corrected chi connectivity index (χ3v) is 4.45. The van der Waals surface area contributed by atoms with Crippen LogP contribution >= 0.6 is 22.6 Å². The average Bonchev–Trinajstić information content (AvgIpc) is 2.27. The summed E-state index contributed by atoms with van der Waals surface area (Å²) in [5, 5.41) is 14.2. The molecule has 18 heavy (non-hydrogen) atoms. The Labute approximate surface area is 118 Å². The van der Waals surface area contributed by atoms with Gasteiger partial charge in [-0.15, -0.1) is 0 Å². The van der Waals surface area contributed by atoms with Gasteiger partial charge in [-0.05, 0) is 48.3 Å². The molecule has 4 nitrogen and oxygen atoms in total. The maximum atomic E-state index is 13.6. The van der Waals surface area contributed by atoms with Crippen molar-refractivity contribution in [3.8, 4) is 0 Å². The Morgan fingerprint density at radius 3 is 2.67 bits per heavy atom. The highest BCUT2D eigenvalue weighted by molar-refractivity contribution is 14.1. The molecule has 0 spiro atoms. The van der Waals surface area contributed by atoms with Gasteiger partial charge in [-0.3, -0.25) is 10.1 Å². The number of nitrogens with zero attached hydrogens (tertiary/aromatic N) is 1. The second kappa shape index (κ2) is 4.99. The molecule has 1 fully saturated rings. The standard InChI is InChI=1S/C12H14FIN2O2/c1-2-12(4-3-5-12)15-10-6-8(13)9(14)7-11(10)16(17)18/h6-7,15H,2-5H2,1H3. The number of nitrogens with one attached hydrogen (secondary N) is 1. The lowest BCUT2D eigenvalue weighted by atomic mass is 9.74. The minimum Gasteiger partial charge on any atom is -0.374 e. The van der Waals surface area contributed by atoms with Crippen LogP contribution in [0, 0.1) is 19.5 Å². The molecule has 0 bridgehead atoms. The van der Waals surface area contributed by atoms with E-state index in [1.54, 1.807) is 22.6 Å². The van der Waals surface area contributed by atoms with Crippen LogP contribution in [0.4, 0.5) is 15.8 Å². The van der Waals surface area contributed by atoms with Crippen LogP contribution < -0.4 is 5.32 Å². The van der Waals surface area contributed by atoms with E-state index in [1.807, 2.05) is 6.92 Å². The highest BCUT2D eigenvalue weighted by Crippen LogP contribution is 2.40. The Kier molecular flexibility index (Phi) is 3.74. The van der Waals surface area contributed by atoms with Crippen LogP contribution in [-0.4, -0.2) is 10.5 Å². The number of benzene rings is 1. The number of nitro groups is 1. The van der Waals surface area contributed by atoms with Gasteiger partial charge in [0.25, 0.3) is 5.69 Å². The first-order valence-corrected chi connectivity index (χ1v) is 6.97. The van der Waals surface area contributed by atoms with Gasteiger partial charge >= 0.3 is 0 Å². The summed E-state index contributed by atoms with van der Waals surface area (Å²) >= 11 is 1.76. The molecule has 0 radical (unpaired) electrons. The van der Waals surface area contributed by atoms with Crippen molar-refractivity contribution in [2.75, 3.05) is 5.32 Å². The molecule has 0 saturated heterocycles. The predicted molar refractivity (Wildman–Crippen MR) is 76.3 cm³/mol. The molecule has 98 valence electrons. The van der Waals surface area contributed by atoms with Crippen molar-refractivity contribution >= 4 is 34.0 Å². The molecule has 0 atom stereocenters. The average molecular weight is 364 g/mol. The Hall–Kier alpha value is -0.920. The zero-order valence-electron chi connectivity index (χ0n) is 10.0. The van der Waals surface area contributed by atoms with Crippen LogP contribution in [0.2, 0.25) is 0 Å². The SMILES string of the molecule is CCC1(Nc2cc(F)c(I)cc2[N+](=O)[O-])CCC1. The van der Waals surface area contributed by atoms with E-state index in [4.69, 9.17) is 0 Å². The van der Waals surface area contributed by atoms with Crippen LogP contribution in [0.15, 0.2) is 12.1 Å². The van der Waals surface area contributed by atoms with E-state index in [-0.39, 0.29) is 14.8 Å². The van der Waals surface area contributed by atoms with E-state index in [2.05, 4.69) is 5.32 Å². The fourth-order valence-electron chi connectivity index (χ4n) is 2.24. The Morgan fingerprint density at radius 2 is 2.22 bits per heavy atom. The van der Waals surface area contributed by atoms with Crippen molar-refractivity contribution in [3.63, 3.8) is 0 Å². The lowest BCUT2D eigenvalue weighted by molar-refractivity contribution is -0.384. The molecule has 0 heterocycles. The maximum absolute atomic E-state index is 13.6. The largest absolute Gasteiger partial charge is 0.374 e. The van der Waals surface area contributed by atoms with Gasteiger partial charge in [-0.25, -0.2) is 4.39 Å². The van der Waals surface area contributed by atoms with E-state index < -0.39 is 10.7 Å². The quantitative estimate of drug-likeness (QED) is 0.498. The maximum Gasteiger partial charge on any atom is 0.293 e. The third kappa shape index (κ3) is 2.43. The molecular formula is C12H14FIN2O2. The van der Waals surface area contributed by atoms with Gasteiger partial charge in [0.05, 0.1) is 8.49 Å². The van der Waals surface area contributed by atoms with E-state index >= 15 is 0 Å². The van der Waals surface area contributed by atoms with E-state index in [0.717, 1.165) is 25.7 Å². The Balaban J connectivity index is 2.36. The number of anilines is 1. The summed E-state index contributed by atoms with van der Waals surface area (Å²) in [6, 6.07) is 2.51. The molecule has 0 amide bonds. The van der Waals surface area contributed by atoms with Gasteiger partial charge < -0.3 is 5.32 Å². The van der Waals surface area contributed by atoms with E-state index in [9.17, 15) is 14.5 Å². The van der Waals surface area contributed by atoms with Gasteiger partial charge in [-0.2, -0.15) is 0 Å². The second-order valence-corrected chi connectivity index (χ2v) is 5.82. The molecule has 2 rings (SSSR count). The molecule has 1 aliphatic carbocycles. The number of hydrogen-bond acceptors (Lipinski definition) is 3. The minimum absolute atomic E-state index is 0.0551. The number of halogens is 2. The topological polar surface area (TPSA) is 55.2 Å². The molecule has 1 aromatic carbocycles. The minimum atomic E-state index is -0.466. The molecule has 0 unspecified atom stereocenters. The molecule has 0 aliphatic heterocycles. The predicted octanol–water partition coefficient (Wildman–Crippen LogP) is 4.08. The van der Waals surface area contributed by atoms with Crippen molar-refractivity contribution < 1.29 is 9.31 Å². The zero-order valence-corrected chi connectivity index (χ0v) is 12.2. The molecule has 0 aromatic heterocycles. The molecule has 6 heteroatoms. The third-order valence-electron chi connectivity index (χ3n) is 3.62. The van der Waals surface area contributed by atoms with Crippen LogP contribution in [0.5, 0.6) is 0 Å². The molecule has 1 aromatic rings. The molecular weight excluding hydrogens is 350 g/mol. The smallest absolute Gasteiger partial charge is 0.293 e.